The number of nitrogens with one attached hydrogen (secondary N) is 1. The molecule has 1 aromatic heterocycles. The molecule has 2 amide bonds. The van der Waals surface area contributed by atoms with Crippen LogP contribution in [0.3, 0.4) is 0 Å². The molecular weight excluding hydrogens is 282 g/mol. The van der Waals surface area contributed by atoms with Gasteiger partial charge in [-0.2, -0.15) is 0 Å². The number of anilines is 1. The first kappa shape index (κ1) is 14.5. The van der Waals surface area contributed by atoms with Crippen LogP contribution in [0.1, 0.15) is 13.8 Å². The van der Waals surface area contributed by atoms with Crippen LogP contribution in [0.5, 0.6) is 0 Å². The molecule has 1 aromatic rings. The van der Waals surface area contributed by atoms with Gasteiger partial charge in [0.25, 0.3) is 0 Å². The number of hydrogen-bond acceptors (Lipinski definition) is 8. The normalized spacial score (nSPS) is 14.1. The summed E-state index contributed by atoms with van der Waals surface area (Å²) in [5.74, 6) is -0.889. The predicted octanol–water partition coefficient (Wildman–Crippen LogP) is 0.553. The van der Waals surface area contributed by atoms with Gasteiger partial charge in [-0.05, 0) is 0 Å². The summed E-state index contributed by atoms with van der Waals surface area (Å²) in [4.78, 5) is 34.0. The Morgan fingerprint density at radius 3 is 2.43 bits per heavy atom. The summed E-state index contributed by atoms with van der Waals surface area (Å²) in [6.45, 7) is 2.52. The number of hydrogen-bond donors (Lipinski definition) is 1. The lowest BCUT2D eigenvalue weighted by atomic mass is 10.4. The highest BCUT2D eigenvalue weighted by molar-refractivity contribution is 5.95. The molecule has 1 aliphatic rings. The highest BCUT2D eigenvalue weighted by Crippen LogP contribution is 2.26. The smallest absolute Gasteiger partial charge is 0.383 e. The van der Waals surface area contributed by atoms with Crippen molar-refractivity contribution in [1.82, 2.24) is 15.4 Å². The van der Waals surface area contributed by atoms with Gasteiger partial charge in [-0.3, -0.25) is 24.7 Å². The fraction of sp³-hybridized carbons (Fsp3) is 0.273. The molecule has 0 radical (unpaired) electrons. The fourth-order valence-corrected chi connectivity index (χ4v) is 1.85. The first-order valence-electron chi connectivity index (χ1n) is 5.88. The Morgan fingerprint density at radius 1 is 1.33 bits per heavy atom. The van der Waals surface area contributed by atoms with Crippen molar-refractivity contribution in [3.63, 3.8) is 0 Å². The molecule has 10 heteroatoms. The summed E-state index contributed by atoms with van der Waals surface area (Å²) in [6, 6.07) is 2.60. The molecule has 0 saturated heterocycles. The Bertz CT molecular complexity index is 623. The lowest BCUT2D eigenvalue weighted by Gasteiger charge is -2.24. The van der Waals surface area contributed by atoms with E-state index in [0.29, 0.717) is 0 Å². The van der Waals surface area contributed by atoms with Crippen LogP contribution >= 0.6 is 0 Å². The second-order valence-corrected chi connectivity index (χ2v) is 4.26. The van der Waals surface area contributed by atoms with Gasteiger partial charge >= 0.3 is 5.88 Å². The minimum absolute atomic E-state index is 0.149. The van der Waals surface area contributed by atoms with Crippen LogP contribution in [-0.2, 0) is 9.59 Å². The van der Waals surface area contributed by atoms with Gasteiger partial charge in [0.05, 0.1) is 12.3 Å². The number of carbonyl (C=O) groups is 2. The van der Waals surface area contributed by atoms with Crippen LogP contribution in [-0.4, -0.2) is 33.7 Å². The van der Waals surface area contributed by atoms with E-state index in [1.165, 1.54) is 42.2 Å². The second kappa shape index (κ2) is 5.25. The zero-order valence-electron chi connectivity index (χ0n) is 11.6. The number of rotatable bonds is 3. The molecule has 0 bridgehead atoms. The summed E-state index contributed by atoms with van der Waals surface area (Å²) < 4.78 is 5.03. The Hall–Kier alpha value is -2.88. The van der Waals surface area contributed by atoms with Crippen molar-refractivity contribution in [1.29, 1.82) is 0 Å². The topological polar surface area (TPSA) is 112 Å². The summed E-state index contributed by atoms with van der Waals surface area (Å²) in [6.07, 6.45) is 1.42. The Morgan fingerprint density at radius 2 is 1.95 bits per heavy atom. The van der Waals surface area contributed by atoms with Gasteiger partial charge in [0, 0.05) is 27.0 Å². The third kappa shape index (κ3) is 2.69. The zero-order chi connectivity index (χ0) is 15.7. The first-order valence-corrected chi connectivity index (χ1v) is 5.88. The Labute approximate surface area is 119 Å². The van der Waals surface area contributed by atoms with E-state index in [9.17, 15) is 19.7 Å². The quantitative estimate of drug-likeness (QED) is 0.635. The molecule has 2 heterocycles. The molecule has 0 fully saturated rings. The van der Waals surface area contributed by atoms with Gasteiger partial charge in [0.15, 0.2) is 5.82 Å². The number of nitrogens with zero attached hydrogens (tertiary/aromatic N) is 4. The Kier molecular flexibility index (Phi) is 3.63. The molecule has 0 aliphatic carbocycles. The average Bonchev–Trinajstić information content (AvgIpc) is 2.96. The molecule has 0 spiro atoms. The second-order valence-electron chi connectivity index (χ2n) is 4.26. The SMILES string of the molecule is CC(=O)N(C(C)=O)C1=CN(c2ccc([N+](=O)[O-])o2)NN1C. The summed E-state index contributed by atoms with van der Waals surface area (Å²) in [5, 5.41) is 13.3. The molecule has 21 heavy (non-hydrogen) atoms. The van der Waals surface area contributed by atoms with Crippen LogP contribution in [0.4, 0.5) is 11.8 Å². The van der Waals surface area contributed by atoms with Crippen molar-refractivity contribution in [2.75, 3.05) is 12.1 Å². The van der Waals surface area contributed by atoms with Crippen LogP contribution in [0.25, 0.3) is 0 Å². The standard InChI is InChI=1S/C11H13N5O5/c1-7(17)15(8(2)18)9-6-14(12-13(9)3)10-4-5-11(21-10)16(19)20/h4-6,12H,1-3H3. The third-order valence-electron chi connectivity index (χ3n) is 2.70. The highest BCUT2D eigenvalue weighted by atomic mass is 16.6. The number of amides is 2. The van der Waals surface area contributed by atoms with Crippen LogP contribution in [0.2, 0.25) is 0 Å². The monoisotopic (exact) mass is 295 g/mol. The van der Waals surface area contributed by atoms with Crippen molar-refractivity contribution in [2.24, 2.45) is 0 Å². The molecule has 10 nitrogen and oxygen atoms in total. The third-order valence-corrected chi connectivity index (χ3v) is 2.70. The van der Waals surface area contributed by atoms with Gasteiger partial charge in [-0.15, -0.1) is 5.53 Å². The molecule has 0 unspecified atom stereocenters. The summed E-state index contributed by atoms with van der Waals surface area (Å²) >= 11 is 0. The number of carbonyl (C=O) groups excluding carboxylic acids is 2. The molecule has 1 N–H and O–H groups in total. The maximum absolute atomic E-state index is 11.5. The van der Waals surface area contributed by atoms with E-state index in [1.807, 2.05) is 0 Å². The van der Waals surface area contributed by atoms with Crippen LogP contribution in [0.15, 0.2) is 28.6 Å². The van der Waals surface area contributed by atoms with Crippen molar-refractivity contribution < 1.29 is 18.9 Å². The molecule has 112 valence electrons. The zero-order valence-corrected chi connectivity index (χ0v) is 11.6. The number of hydrazine groups is 2. The number of furan rings is 1. The Balaban J connectivity index is 2.30. The minimum Gasteiger partial charge on any atom is -0.383 e. The van der Waals surface area contributed by atoms with Gasteiger partial charge < -0.3 is 4.42 Å². The van der Waals surface area contributed by atoms with E-state index in [0.717, 1.165) is 4.90 Å². The highest BCUT2D eigenvalue weighted by Gasteiger charge is 2.30. The molecule has 1 aliphatic heterocycles. The van der Waals surface area contributed by atoms with Crippen LogP contribution in [0, 0.1) is 10.1 Å². The van der Waals surface area contributed by atoms with Crippen molar-refractivity contribution in [2.45, 2.75) is 13.8 Å². The number of imide groups is 1. The minimum atomic E-state index is -0.661. The maximum atomic E-state index is 11.5. The van der Waals surface area contributed by atoms with E-state index in [2.05, 4.69) is 5.53 Å². The molecule has 0 atom stereocenters. The van der Waals surface area contributed by atoms with Crippen molar-refractivity contribution >= 4 is 23.6 Å². The molecule has 0 saturated carbocycles. The average molecular weight is 295 g/mol. The molecular formula is C11H13N5O5. The lowest BCUT2D eigenvalue weighted by Crippen LogP contribution is -2.43. The van der Waals surface area contributed by atoms with Gasteiger partial charge in [0.2, 0.25) is 17.7 Å². The summed E-state index contributed by atoms with van der Waals surface area (Å²) in [5.41, 5.74) is 2.77. The van der Waals surface area contributed by atoms with Gasteiger partial charge in [-0.25, -0.2) is 9.91 Å². The summed E-state index contributed by atoms with van der Waals surface area (Å²) in [7, 11) is 1.59. The van der Waals surface area contributed by atoms with Gasteiger partial charge in [0.1, 0.15) is 4.92 Å². The van der Waals surface area contributed by atoms with Crippen molar-refractivity contribution in [3.05, 3.63) is 34.3 Å². The first-order chi connectivity index (χ1) is 9.81. The van der Waals surface area contributed by atoms with Crippen LogP contribution < -0.4 is 10.5 Å². The van der Waals surface area contributed by atoms with E-state index in [-0.39, 0.29) is 11.7 Å². The van der Waals surface area contributed by atoms with E-state index >= 15 is 0 Å². The van der Waals surface area contributed by atoms with Gasteiger partial charge in [-0.1, -0.05) is 0 Å². The number of nitro groups is 1. The predicted molar refractivity (Wildman–Crippen MR) is 70.0 cm³/mol. The lowest BCUT2D eigenvalue weighted by molar-refractivity contribution is -0.401. The maximum Gasteiger partial charge on any atom is 0.434 e. The van der Waals surface area contributed by atoms with E-state index < -0.39 is 22.6 Å². The molecule has 0 aromatic carbocycles. The van der Waals surface area contributed by atoms with E-state index in [4.69, 9.17) is 4.42 Å². The largest absolute Gasteiger partial charge is 0.434 e. The molecule has 2 rings (SSSR count). The van der Waals surface area contributed by atoms with Crippen molar-refractivity contribution in [3.8, 4) is 0 Å². The van der Waals surface area contributed by atoms with E-state index in [1.54, 1.807) is 7.05 Å². The fourth-order valence-electron chi connectivity index (χ4n) is 1.85.